The van der Waals surface area contributed by atoms with Crippen LogP contribution in [0.3, 0.4) is 0 Å². The molecule has 1 spiro atoms. The highest BCUT2D eigenvalue weighted by atomic mass is 16.6. The predicted molar refractivity (Wildman–Crippen MR) is 159 cm³/mol. The summed E-state index contributed by atoms with van der Waals surface area (Å²) in [6, 6.07) is 6.58. The van der Waals surface area contributed by atoms with Gasteiger partial charge in [-0.05, 0) is 63.5 Å². The quantitative estimate of drug-likeness (QED) is 0.190. The Morgan fingerprint density at radius 2 is 2.00 bits per heavy atom. The highest BCUT2D eigenvalue weighted by Gasteiger charge is 2.80. The molecule has 11 heteroatoms. The number of carbonyl (C=O) groups excluding carboxylic acids is 3. The van der Waals surface area contributed by atoms with Crippen LogP contribution in [0.25, 0.3) is 11.0 Å². The summed E-state index contributed by atoms with van der Waals surface area (Å²) in [5, 5.41) is 17.8. The fraction of sp³-hybridized carbons (Fsp3) is 0.594. The molecule has 3 unspecified atom stereocenters. The van der Waals surface area contributed by atoms with Gasteiger partial charge in [-0.15, -0.1) is 18.3 Å². The molecule has 0 saturated carbocycles. The Morgan fingerprint density at radius 3 is 2.74 bits per heavy atom. The Hall–Kier alpha value is -3.57. The minimum Gasteiger partial charge on any atom is -0.465 e. The lowest BCUT2D eigenvalue weighted by Crippen LogP contribution is -2.56. The maximum absolute atomic E-state index is 14.7. The second-order valence-electron chi connectivity index (χ2n) is 12.2. The van der Waals surface area contributed by atoms with E-state index >= 15 is 0 Å². The summed E-state index contributed by atoms with van der Waals surface area (Å²) in [4.78, 5) is 45.9. The van der Waals surface area contributed by atoms with Gasteiger partial charge in [0.05, 0.1) is 23.6 Å². The summed E-state index contributed by atoms with van der Waals surface area (Å²) in [6.07, 6.45) is 7.16. The number of benzene rings is 1. The van der Waals surface area contributed by atoms with Crippen molar-refractivity contribution in [2.45, 2.75) is 76.3 Å². The van der Waals surface area contributed by atoms with Crippen molar-refractivity contribution in [3.63, 3.8) is 0 Å². The summed E-state index contributed by atoms with van der Waals surface area (Å²) in [7, 11) is 0. The molecule has 6 atom stereocenters. The maximum Gasteiger partial charge on any atom is 0.312 e. The number of fused-ring (bicyclic) bond motifs is 2. The summed E-state index contributed by atoms with van der Waals surface area (Å²) in [5.74, 6) is -2.73. The molecule has 3 fully saturated rings. The summed E-state index contributed by atoms with van der Waals surface area (Å²) < 4.78 is 14.2. The lowest BCUT2D eigenvalue weighted by atomic mass is 9.62. The normalized spacial score (nSPS) is 29.2. The third-order valence-electron chi connectivity index (χ3n) is 9.54. The number of aliphatic hydroxyl groups excluding tert-OH is 1. The zero-order valence-electron chi connectivity index (χ0n) is 25.2. The van der Waals surface area contributed by atoms with E-state index < -0.39 is 35.0 Å². The summed E-state index contributed by atoms with van der Waals surface area (Å²) >= 11 is 0. The van der Waals surface area contributed by atoms with Crippen molar-refractivity contribution in [2.75, 3.05) is 26.3 Å². The molecule has 3 aliphatic heterocycles. The standard InChI is InChI=1S/C32H43N5O6/c1-5-7-13-19-42-30(41)26-25-28(39)36(17-11-8-12-18-38)27(32(25)20-22(3)31(26,4)43-32)29(40)35(16-6-2)21-37-24-15-10-9-14-23(24)33-34-37/h5-6,9-10,14-15,22,25-27,38H,1-2,7-8,11-13,16-21H2,3-4H3/t22?,25-,26+,27?,31-,32?/m0/s1. The number of esters is 1. The average molecular weight is 594 g/mol. The molecule has 5 rings (SSSR count). The van der Waals surface area contributed by atoms with Gasteiger partial charge in [0.15, 0.2) is 0 Å². The van der Waals surface area contributed by atoms with E-state index in [4.69, 9.17) is 9.47 Å². The molecule has 1 N–H and O–H groups in total. The third kappa shape index (κ3) is 5.26. The van der Waals surface area contributed by atoms with Crippen LogP contribution in [0.1, 0.15) is 52.4 Å². The van der Waals surface area contributed by atoms with Gasteiger partial charge in [0.25, 0.3) is 0 Å². The molecular formula is C32H43N5O6. The molecule has 4 heterocycles. The monoisotopic (exact) mass is 593 g/mol. The number of likely N-dealkylation sites (tertiary alicyclic amines) is 1. The third-order valence-corrected chi connectivity index (χ3v) is 9.54. The van der Waals surface area contributed by atoms with Gasteiger partial charge in [-0.1, -0.05) is 36.4 Å². The van der Waals surface area contributed by atoms with Gasteiger partial charge in [0.2, 0.25) is 11.8 Å². The zero-order chi connectivity index (χ0) is 30.8. The Balaban J connectivity index is 1.50. The van der Waals surface area contributed by atoms with Crippen LogP contribution in [-0.2, 0) is 30.5 Å². The van der Waals surface area contributed by atoms with Crippen molar-refractivity contribution >= 4 is 28.8 Å². The molecule has 43 heavy (non-hydrogen) atoms. The molecule has 2 aromatic rings. The van der Waals surface area contributed by atoms with Crippen LogP contribution in [0.4, 0.5) is 0 Å². The highest BCUT2D eigenvalue weighted by Crippen LogP contribution is 2.65. The van der Waals surface area contributed by atoms with E-state index in [1.54, 1.807) is 26.6 Å². The number of carbonyl (C=O) groups is 3. The van der Waals surface area contributed by atoms with E-state index in [2.05, 4.69) is 23.5 Å². The Labute approximate surface area is 252 Å². The molecule has 1 aromatic carbocycles. The molecule has 11 nitrogen and oxygen atoms in total. The van der Waals surface area contributed by atoms with Gasteiger partial charge in [0.1, 0.15) is 29.7 Å². The van der Waals surface area contributed by atoms with Crippen molar-refractivity contribution < 1.29 is 29.0 Å². The number of hydrogen-bond acceptors (Lipinski definition) is 8. The molecular weight excluding hydrogens is 550 g/mol. The van der Waals surface area contributed by atoms with Gasteiger partial charge in [0, 0.05) is 19.7 Å². The number of nitrogens with zero attached hydrogens (tertiary/aromatic N) is 5. The lowest BCUT2D eigenvalue weighted by Gasteiger charge is -2.37. The minimum atomic E-state index is -1.17. The topological polar surface area (TPSA) is 127 Å². The van der Waals surface area contributed by atoms with Crippen LogP contribution in [0.5, 0.6) is 0 Å². The molecule has 3 aliphatic rings. The average Bonchev–Trinajstić information content (AvgIpc) is 3.66. The lowest BCUT2D eigenvalue weighted by molar-refractivity contribution is -0.162. The number of rotatable bonds is 15. The smallest absolute Gasteiger partial charge is 0.312 e. The van der Waals surface area contributed by atoms with Gasteiger partial charge in [-0.2, -0.15) is 0 Å². The second kappa shape index (κ2) is 12.6. The van der Waals surface area contributed by atoms with E-state index in [0.717, 1.165) is 5.52 Å². The number of ether oxygens (including phenoxy) is 2. The van der Waals surface area contributed by atoms with E-state index in [0.29, 0.717) is 50.6 Å². The Bertz CT molecular complexity index is 1380. The van der Waals surface area contributed by atoms with E-state index in [9.17, 15) is 19.5 Å². The van der Waals surface area contributed by atoms with Crippen LogP contribution < -0.4 is 0 Å². The van der Waals surface area contributed by atoms with Crippen molar-refractivity contribution in [1.29, 1.82) is 0 Å². The van der Waals surface area contributed by atoms with Gasteiger partial charge in [-0.3, -0.25) is 14.4 Å². The highest BCUT2D eigenvalue weighted by molar-refractivity contribution is 5.98. The number of para-hydroxylation sites is 1. The number of hydrogen-bond donors (Lipinski definition) is 1. The molecule has 2 amide bonds. The Kier molecular flexibility index (Phi) is 9.03. The fourth-order valence-corrected chi connectivity index (χ4v) is 7.41. The van der Waals surface area contributed by atoms with Gasteiger partial charge < -0.3 is 24.4 Å². The van der Waals surface area contributed by atoms with Crippen LogP contribution in [0.15, 0.2) is 49.6 Å². The first kappa shape index (κ1) is 30.9. The summed E-state index contributed by atoms with van der Waals surface area (Å²) in [6.45, 7) is 12.4. The van der Waals surface area contributed by atoms with Crippen molar-refractivity contribution in [2.24, 2.45) is 17.8 Å². The molecule has 3 saturated heterocycles. The molecule has 232 valence electrons. The first-order valence-electron chi connectivity index (χ1n) is 15.3. The minimum absolute atomic E-state index is 0.0561. The number of aromatic nitrogens is 3. The van der Waals surface area contributed by atoms with E-state index in [1.807, 2.05) is 38.1 Å². The van der Waals surface area contributed by atoms with E-state index in [-0.39, 0.29) is 44.2 Å². The zero-order valence-corrected chi connectivity index (χ0v) is 25.2. The van der Waals surface area contributed by atoms with Crippen LogP contribution in [0.2, 0.25) is 0 Å². The van der Waals surface area contributed by atoms with Gasteiger partial charge >= 0.3 is 5.97 Å². The number of amides is 2. The van der Waals surface area contributed by atoms with Crippen LogP contribution in [0, 0.1) is 17.8 Å². The number of unbranched alkanes of at least 4 members (excludes halogenated alkanes) is 3. The Morgan fingerprint density at radius 1 is 1.21 bits per heavy atom. The number of aliphatic hydroxyl groups is 1. The fourth-order valence-electron chi connectivity index (χ4n) is 7.41. The van der Waals surface area contributed by atoms with Crippen molar-refractivity contribution in [3.05, 3.63) is 49.6 Å². The molecule has 0 aliphatic carbocycles. The molecule has 1 aromatic heterocycles. The molecule has 0 radical (unpaired) electrons. The van der Waals surface area contributed by atoms with Crippen LogP contribution in [-0.4, -0.2) is 91.2 Å². The maximum atomic E-state index is 14.7. The van der Waals surface area contributed by atoms with Crippen molar-refractivity contribution in [1.82, 2.24) is 24.8 Å². The van der Waals surface area contributed by atoms with Crippen LogP contribution >= 0.6 is 0 Å². The predicted octanol–water partition coefficient (Wildman–Crippen LogP) is 3.09. The largest absolute Gasteiger partial charge is 0.465 e. The van der Waals surface area contributed by atoms with Gasteiger partial charge in [-0.25, -0.2) is 4.68 Å². The van der Waals surface area contributed by atoms with E-state index in [1.165, 1.54) is 0 Å². The molecule has 2 bridgehead atoms. The first-order chi connectivity index (χ1) is 20.7. The summed E-state index contributed by atoms with van der Waals surface area (Å²) in [5.41, 5.74) is -0.624. The van der Waals surface area contributed by atoms with Crippen molar-refractivity contribution in [3.8, 4) is 0 Å². The second-order valence-corrected chi connectivity index (χ2v) is 12.2. The number of allylic oxidation sites excluding steroid dienone is 1. The first-order valence-corrected chi connectivity index (χ1v) is 15.3. The SMILES string of the molecule is C=CCCCOC(=O)[C@H]1[C@H]2C(=O)N(CCCCCO)C(C(=O)N(CC=C)Cn3nnc4ccccc43)C23CC(C)[C@]1(C)O3.